The van der Waals surface area contributed by atoms with E-state index in [0.29, 0.717) is 0 Å². The van der Waals surface area contributed by atoms with E-state index in [0.717, 1.165) is 16.9 Å². The van der Waals surface area contributed by atoms with Crippen LogP contribution in [-0.2, 0) is 4.79 Å². The van der Waals surface area contributed by atoms with Gasteiger partial charge in [0.05, 0.1) is 13.2 Å². The highest BCUT2D eigenvalue weighted by Crippen LogP contribution is 2.22. The monoisotopic (exact) mass is 327 g/mol. The maximum absolute atomic E-state index is 13.1. The van der Waals surface area contributed by atoms with Crippen LogP contribution in [0.1, 0.15) is 31.0 Å². The summed E-state index contributed by atoms with van der Waals surface area (Å²) in [5, 5.41) is 2.97. The van der Waals surface area contributed by atoms with Crippen LogP contribution in [0.25, 0.3) is 6.08 Å². The largest absolute Gasteiger partial charge is 0.497 e. The van der Waals surface area contributed by atoms with Gasteiger partial charge in [0.25, 0.3) is 0 Å². The smallest absolute Gasteiger partial charge is 0.244 e. The fourth-order valence-corrected chi connectivity index (χ4v) is 2.42. The van der Waals surface area contributed by atoms with Crippen molar-refractivity contribution < 1.29 is 13.9 Å². The molecule has 2 aromatic rings. The number of nitrogens with one attached hydrogen (secondary N) is 1. The first-order valence-electron chi connectivity index (χ1n) is 7.87. The molecule has 126 valence electrons. The molecule has 0 unspecified atom stereocenters. The molecule has 0 saturated carbocycles. The quantitative estimate of drug-likeness (QED) is 0.801. The number of methoxy groups -OCH3 is 1. The molecular formula is C20H22FNO2. The van der Waals surface area contributed by atoms with Crippen LogP contribution in [-0.4, -0.2) is 13.0 Å². The van der Waals surface area contributed by atoms with Gasteiger partial charge in [-0.05, 0) is 47.4 Å². The van der Waals surface area contributed by atoms with Crippen LogP contribution in [0.15, 0.2) is 54.6 Å². The molecule has 0 radical (unpaired) electrons. The first-order chi connectivity index (χ1) is 11.5. The fraction of sp³-hybridized carbons (Fsp3) is 0.250. The second kappa shape index (κ2) is 8.29. The topological polar surface area (TPSA) is 38.3 Å². The molecule has 0 heterocycles. The van der Waals surface area contributed by atoms with Gasteiger partial charge in [-0.25, -0.2) is 4.39 Å². The van der Waals surface area contributed by atoms with Crippen LogP contribution in [0.3, 0.4) is 0 Å². The zero-order valence-corrected chi connectivity index (χ0v) is 14.1. The number of ether oxygens (including phenoxy) is 1. The Labute approximate surface area is 142 Å². The van der Waals surface area contributed by atoms with Gasteiger partial charge in [0.2, 0.25) is 5.91 Å². The van der Waals surface area contributed by atoms with Crippen molar-refractivity contribution >= 4 is 12.0 Å². The van der Waals surface area contributed by atoms with E-state index in [1.165, 1.54) is 18.2 Å². The van der Waals surface area contributed by atoms with Gasteiger partial charge >= 0.3 is 0 Å². The molecule has 1 amide bonds. The lowest BCUT2D eigenvalue weighted by Crippen LogP contribution is -2.30. The van der Waals surface area contributed by atoms with Crippen molar-refractivity contribution in [3.63, 3.8) is 0 Å². The number of hydrogen-bond acceptors (Lipinski definition) is 2. The molecule has 2 rings (SSSR count). The lowest BCUT2D eigenvalue weighted by molar-refractivity contribution is -0.117. The van der Waals surface area contributed by atoms with E-state index in [-0.39, 0.29) is 23.7 Å². The van der Waals surface area contributed by atoms with Crippen molar-refractivity contribution in [2.75, 3.05) is 7.11 Å². The van der Waals surface area contributed by atoms with Crippen LogP contribution < -0.4 is 10.1 Å². The highest BCUT2D eigenvalue weighted by atomic mass is 19.1. The van der Waals surface area contributed by atoms with Crippen molar-refractivity contribution in [1.82, 2.24) is 5.32 Å². The predicted molar refractivity (Wildman–Crippen MR) is 94.1 cm³/mol. The zero-order chi connectivity index (χ0) is 17.5. The zero-order valence-electron chi connectivity index (χ0n) is 14.1. The fourth-order valence-electron chi connectivity index (χ4n) is 2.42. The number of amides is 1. The van der Waals surface area contributed by atoms with Crippen molar-refractivity contribution in [3.8, 4) is 5.75 Å². The summed E-state index contributed by atoms with van der Waals surface area (Å²) in [7, 11) is 1.60. The van der Waals surface area contributed by atoms with Gasteiger partial charge < -0.3 is 10.1 Å². The number of rotatable bonds is 6. The lowest BCUT2D eigenvalue weighted by Gasteiger charge is -2.22. The minimum Gasteiger partial charge on any atom is -0.497 e. The van der Waals surface area contributed by atoms with Crippen molar-refractivity contribution in [1.29, 1.82) is 0 Å². The highest BCUT2D eigenvalue weighted by molar-refractivity contribution is 5.92. The standard InChI is InChI=1S/C20H22FNO2/c1-14(2)20(16-8-10-17(21)11-9-16)22-19(23)12-7-15-5-4-6-18(13-15)24-3/h4-14,20H,1-3H3,(H,22,23)/b12-7+/t20-/m0/s1. The summed E-state index contributed by atoms with van der Waals surface area (Å²) in [5.74, 6) is 0.444. The summed E-state index contributed by atoms with van der Waals surface area (Å²) in [6.07, 6.45) is 3.23. The molecule has 1 N–H and O–H groups in total. The molecule has 4 heteroatoms. The van der Waals surface area contributed by atoms with Crippen molar-refractivity contribution in [3.05, 3.63) is 71.6 Å². The molecule has 0 saturated heterocycles. The third-order valence-electron chi connectivity index (χ3n) is 3.71. The first-order valence-corrected chi connectivity index (χ1v) is 7.87. The van der Waals surface area contributed by atoms with Crippen molar-refractivity contribution in [2.45, 2.75) is 19.9 Å². The number of hydrogen-bond donors (Lipinski definition) is 1. The second-order valence-electron chi connectivity index (χ2n) is 5.89. The average molecular weight is 327 g/mol. The Hall–Kier alpha value is -2.62. The van der Waals surface area contributed by atoms with Gasteiger partial charge in [-0.15, -0.1) is 0 Å². The minimum absolute atomic E-state index is 0.173. The van der Waals surface area contributed by atoms with Gasteiger partial charge in [-0.3, -0.25) is 4.79 Å². The van der Waals surface area contributed by atoms with Crippen LogP contribution in [0.2, 0.25) is 0 Å². The van der Waals surface area contributed by atoms with Crippen molar-refractivity contribution in [2.24, 2.45) is 5.92 Å². The van der Waals surface area contributed by atoms with Gasteiger partial charge in [0, 0.05) is 6.08 Å². The summed E-state index contributed by atoms with van der Waals surface area (Å²) >= 11 is 0. The molecule has 0 fully saturated rings. The van der Waals surface area contributed by atoms with Gasteiger partial charge in [0.1, 0.15) is 11.6 Å². The van der Waals surface area contributed by atoms with Crippen LogP contribution in [0.5, 0.6) is 5.75 Å². The molecule has 0 aromatic heterocycles. The summed E-state index contributed by atoms with van der Waals surface area (Å²) in [5.41, 5.74) is 1.77. The van der Waals surface area contributed by atoms with Crippen LogP contribution in [0.4, 0.5) is 4.39 Å². The molecule has 0 spiro atoms. The molecular weight excluding hydrogens is 305 g/mol. The summed E-state index contributed by atoms with van der Waals surface area (Å²) in [6.45, 7) is 4.03. The summed E-state index contributed by atoms with van der Waals surface area (Å²) in [6, 6.07) is 13.5. The van der Waals surface area contributed by atoms with Crippen LogP contribution in [0, 0.1) is 11.7 Å². The SMILES string of the molecule is COc1cccc(/C=C/C(=O)N[C@H](c2ccc(F)cc2)C(C)C)c1. The average Bonchev–Trinajstić information content (AvgIpc) is 2.59. The van der Waals surface area contributed by atoms with E-state index in [1.807, 2.05) is 38.1 Å². The Balaban J connectivity index is 2.07. The summed E-state index contributed by atoms with van der Waals surface area (Å²) < 4.78 is 18.2. The molecule has 1 atom stereocenters. The van der Waals surface area contributed by atoms with Gasteiger partial charge in [-0.1, -0.05) is 38.1 Å². The molecule has 0 aliphatic carbocycles. The van der Waals surface area contributed by atoms with E-state index in [1.54, 1.807) is 25.3 Å². The van der Waals surface area contributed by atoms with E-state index in [9.17, 15) is 9.18 Å². The lowest BCUT2D eigenvalue weighted by atomic mass is 9.96. The van der Waals surface area contributed by atoms with E-state index >= 15 is 0 Å². The van der Waals surface area contributed by atoms with Gasteiger partial charge in [-0.2, -0.15) is 0 Å². The predicted octanol–water partition coefficient (Wildman–Crippen LogP) is 4.36. The normalized spacial score (nSPS) is 12.4. The maximum Gasteiger partial charge on any atom is 0.244 e. The first kappa shape index (κ1) is 17.7. The Bertz CT molecular complexity index is 708. The number of halogens is 1. The highest BCUT2D eigenvalue weighted by Gasteiger charge is 2.17. The second-order valence-corrected chi connectivity index (χ2v) is 5.89. The third kappa shape index (κ3) is 4.95. The molecule has 24 heavy (non-hydrogen) atoms. The number of benzene rings is 2. The molecule has 2 aromatic carbocycles. The maximum atomic E-state index is 13.1. The van der Waals surface area contributed by atoms with E-state index < -0.39 is 0 Å². The Morgan fingerprint density at radius 2 is 1.88 bits per heavy atom. The number of carbonyl (C=O) groups is 1. The Morgan fingerprint density at radius 1 is 1.17 bits per heavy atom. The molecule has 0 aliphatic heterocycles. The van der Waals surface area contributed by atoms with E-state index in [2.05, 4.69) is 5.32 Å². The Morgan fingerprint density at radius 3 is 2.50 bits per heavy atom. The van der Waals surface area contributed by atoms with E-state index in [4.69, 9.17) is 4.74 Å². The molecule has 0 aliphatic rings. The Kier molecular flexibility index (Phi) is 6.13. The van der Waals surface area contributed by atoms with Gasteiger partial charge in [0.15, 0.2) is 0 Å². The van der Waals surface area contributed by atoms with Crippen LogP contribution >= 0.6 is 0 Å². The number of carbonyl (C=O) groups excluding carboxylic acids is 1. The molecule has 3 nitrogen and oxygen atoms in total. The third-order valence-corrected chi connectivity index (χ3v) is 3.71. The summed E-state index contributed by atoms with van der Waals surface area (Å²) in [4.78, 5) is 12.2. The molecule has 0 bridgehead atoms. The minimum atomic E-state index is -0.287.